The highest BCUT2D eigenvalue weighted by Crippen LogP contribution is 2.36. The number of nitrogens with two attached hydrogens (primary N) is 1. The zero-order valence-electron chi connectivity index (χ0n) is 15.2. The number of aryl methyl sites for hydroxylation is 2. The van der Waals surface area contributed by atoms with Crippen LogP contribution in [0.1, 0.15) is 10.4 Å². The van der Waals surface area contributed by atoms with Crippen molar-refractivity contribution in [3.8, 4) is 22.5 Å². The maximum atomic E-state index is 12.9. The van der Waals surface area contributed by atoms with Gasteiger partial charge in [0.05, 0.1) is 10.3 Å². The lowest BCUT2D eigenvalue weighted by Gasteiger charge is -2.04. The molecule has 8 heteroatoms. The Balaban J connectivity index is 1.86. The summed E-state index contributed by atoms with van der Waals surface area (Å²) >= 11 is 1.46. The van der Waals surface area contributed by atoms with Gasteiger partial charge < -0.3 is 4.98 Å². The van der Waals surface area contributed by atoms with Crippen LogP contribution in [0.25, 0.3) is 32.7 Å². The number of hydrogen-bond acceptors (Lipinski definition) is 5. The number of rotatable bonds is 3. The van der Waals surface area contributed by atoms with Crippen LogP contribution >= 0.6 is 11.3 Å². The minimum atomic E-state index is -3.77. The summed E-state index contributed by atoms with van der Waals surface area (Å²) in [6, 6.07) is 14.0. The summed E-state index contributed by atoms with van der Waals surface area (Å²) in [5.41, 5.74) is 3.40. The van der Waals surface area contributed by atoms with Crippen molar-refractivity contribution >= 4 is 31.6 Å². The summed E-state index contributed by atoms with van der Waals surface area (Å²) in [4.78, 5) is 22.0. The molecular weight excluding hydrogens is 394 g/mol. The third-order valence-electron chi connectivity index (χ3n) is 4.53. The van der Waals surface area contributed by atoms with Crippen molar-refractivity contribution in [2.24, 2.45) is 5.14 Å². The maximum absolute atomic E-state index is 12.9. The van der Waals surface area contributed by atoms with Crippen LogP contribution in [0.3, 0.4) is 0 Å². The van der Waals surface area contributed by atoms with E-state index < -0.39 is 10.0 Å². The van der Waals surface area contributed by atoms with E-state index in [9.17, 15) is 13.2 Å². The van der Waals surface area contributed by atoms with Crippen molar-refractivity contribution in [1.29, 1.82) is 0 Å². The second kappa shape index (κ2) is 6.66. The molecule has 0 spiro atoms. The van der Waals surface area contributed by atoms with E-state index in [1.807, 2.05) is 38.1 Å². The van der Waals surface area contributed by atoms with Crippen LogP contribution in [0.4, 0.5) is 0 Å². The zero-order chi connectivity index (χ0) is 20.1. The number of benzene rings is 2. The monoisotopic (exact) mass is 411 g/mol. The second-order valence-corrected chi connectivity index (χ2v) is 9.33. The van der Waals surface area contributed by atoms with Gasteiger partial charge in [0.15, 0.2) is 0 Å². The zero-order valence-corrected chi connectivity index (χ0v) is 16.8. The van der Waals surface area contributed by atoms with Gasteiger partial charge >= 0.3 is 0 Å². The molecule has 3 N–H and O–H groups in total. The first-order valence-electron chi connectivity index (χ1n) is 8.48. The third-order valence-corrected chi connectivity index (χ3v) is 6.46. The lowest BCUT2D eigenvalue weighted by molar-refractivity contribution is 0.598. The molecule has 28 heavy (non-hydrogen) atoms. The van der Waals surface area contributed by atoms with Crippen LogP contribution in [-0.4, -0.2) is 18.4 Å². The Morgan fingerprint density at radius 1 is 0.964 bits per heavy atom. The van der Waals surface area contributed by atoms with E-state index >= 15 is 0 Å². The molecule has 4 aromatic rings. The Kier molecular flexibility index (Phi) is 4.41. The summed E-state index contributed by atoms with van der Waals surface area (Å²) in [5.74, 6) is 0.384. The molecule has 2 heterocycles. The standard InChI is InChI=1S/C20H17N3O3S2/c1-11-3-5-13(6-4-11)16-12(2)27-20-17(16)19(24)22-18(23-20)14-7-9-15(10-8-14)28(21,25)26/h3-10H,1-2H3,(H2,21,25,26)(H,22,23,24). The van der Waals surface area contributed by atoms with Gasteiger partial charge in [0.1, 0.15) is 10.7 Å². The SMILES string of the molecule is Cc1ccc(-c2c(C)sc3nc(-c4ccc(S(N)(=O)=O)cc4)[nH]c(=O)c23)cc1. The van der Waals surface area contributed by atoms with Crippen LogP contribution < -0.4 is 10.7 Å². The summed E-state index contributed by atoms with van der Waals surface area (Å²) < 4.78 is 22.8. The maximum Gasteiger partial charge on any atom is 0.260 e. The Bertz CT molecular complexity index is 1350. The molecule has 0 bridgehead atoms. The van der Waals surface area contributed by atoms with Gasteiger partial charge in [-0.15, -0.1) is 11.3 Å². The normalized spacial score (nSPS) is 11.8. The number of sulfonamides is 1. The molecule has 142 valence electrons. The van der Waals surface area contributed by atoms with Gasteiger partial charge in [-0.1, -0.05) is 29.8 Å². The van der Waals surface area contributed by atoms with Gasteiger partial charge in [-0.05, 0) is 43.7 Å². The summed E-state index contributed by atoms with van der Waals surface area (Å²) in [7, 11) is -3.77. The molecule has 0 saturated carbocycles. The van der Waals surface area contributed by atoms with Crippen molar-refractivity contribution in [2.75, 3.05) is 0 Å². The predicted octanol–water partition coefficient (Wildman–Crippen LogP) is 3.58. The first-order chi connectivity index (χ1) is 13.2. The number of H-pyrrole nitrogens is 1. The van der Waals surface area contributed by atoms with Gasteiger partial charge in [-0.2, -0.15) is 0 Å². The molecule has 0 aliphatic heterocycles. The molecule has 2 aromatic heterocycles. The number of aromatic nitrogens is 2. The number of thiophene rings is 1. The number of nitrogens with zero attached hydrogens (tertiary/aromatic N) is 1. The largest absolute Gasteiger partial charge is 0.306 e. The molecule has 0 saturated heterocycles. The van der Waals surface area contributed by atoms with Crippen molar-refractivity contribution in [1.82, 2.24) is 9.97 Å². The lowest BCUT2D eigenvalue weighted by Crippen LogP contribution is -2.12. The van der Waals surface area contributed by atoms with E-state index in [1.165, 1.54) is 23.5 Å². The third kappa shape index (κ3) is 3.26. The van der Waals surface area contributed by atoms with Gasteiger partial charge in [0.2, 0.25) is 10.0 Å². The highest BCUT2D eigenvalue weighted by Gasteiger charge is 2.17. The smallest absolute Gasteiger partial charge is 0.260 e. The molecule has 6 nitrogen and oxygen atoms in total. The van der Waals surface area contributed by atoms with Crippen molar-refractivity contribution in [2.45, 2.75) is 18.7 Å². The van der Waals surface area contributed by atoms with Gasteiger partial charge in [-0.25, -0.2) is 18.5 Å². The predicted molar refractivity (Wildman–Crippen MR) is 112 cm³/mol. The van der Waals surface area contributed by atoms with E-state index in [4.69, 9.17) is 5.14 Å². The molecular formula is C20H17N3O3S2. The minimum absolute atomic E-state index is 0.00769. The van der Waals surface area contributed by atoms with Crippen molar-refractivity contribution in [3.05, 3.63) is 69.3 Å². The minimum Gasteiger partial charge on any atom is -0.306 e. The summed E-state index contributed by atoms with van der Waals surface area (Å²) in [5, 5.41) is 5.69. The van der Waals surface area contributed by atoms with Crippen molar-refractivity contribution < 1.29 is 8.42 Å². The Hall–Kier alpha value is -2.81. The average molecular weight is 412 g/mol. The fourth-order valence-corrected chi connectivity index (χ4v) is 4.69. The van der Waals surface area contributed by atoms with Crippen LogP contribution in [0.2, 0.25) is 0 Å². The number of primary sulfonamides is 1. The second-order valence-electron chi connectivity index (χ2n) is 6.56. The summed E-state index contributed by atoms with van der Waals surface area (Å²) in [6.07, 6.45) is 0. The van der Waals surface area contributed by atoms with E-state index in [-0.39, 0.29) is 10.5 Å². The summed E-state index contributed by atoms with van der Waals surface area (Å²) in [6.45, 7) is 3.99. The molecule has 0 radical (unpaired) electrons. The van der Waals surface area contributed by atoms with Crippen LogP contribution in [0.5, 0.6) is 0 Å². The molecule has 0 aliphatic rings. The fourth-order valence-electron chi connectivity index (χ4n) is 3.13. The van der Waals surface area contributed by atoms with Gasteiger partial charge in [0, 0.05) is 16.0 Å². The number of hydrogen-bond donors (Lipinski definition) is 2. The number of nitrogens with one attached hydrogen (secondary N) is 1. The van der Waals surface area contributed by atoms with E-state index in [1.54, 1.807) is 12.1 Å². The quantitative estimate of drug-likeness (QED) is 0.537. The molecule has 0 unspecified atom stereocenters. The number of fused-ring (bicyclic) bond motifs is 1. The van der Waals surface area contributed by atoms with Gasteiger partial charge in [-0.3, -0.25) is 4.79 Å². The molecule has 0 fully saturated rings. The molecule has 2 aromatic carbocycles. The topological polar surface area (TPSA) is 106 Å². The molecule has 0 aliphatic carbocycles. The first-order valence-corrected chi connectivity index (χ1v) is 10.8. The molecule has 0 amide bonds. The molecule has 4 rings (SSSR count). The fraction of sp³-hybridized carbons (Fsp3) is 0.100. The Labute approximate surface area is 165 Å². The van der Waals surface area contributed by atoms with E-state index in [0.717, 1.165) is 21.6 Å². The van der Waals surface area contributed by atoms with E-state index in [0.29, 0.717) is 21.6 Å². The van der Waals surface area contributed by atoms with Crippen molar-refractivity contribution in [3.63, 3.8) is 0 Å². The average Bonchev–Trinajstić information content (AvgIpc) is 2.98. The van der Waals surface area contributed by atoms with Crippen LogP contribution in [-0.2, 0) is 10.0 Å². The van der Waals surface area contributed by atoms with E-state index in [2.05, 4.69) is 9.97 Å². The molecule has 0 atom stereocenters. The highest BCUT2D eigenvalue weighted by molar-refractivity contribution is 7.89. The van der Waals surface area contributed by atoms with Crippen LogP contribution in [0, 0.1) is 13.8 Å². The van der Waals surface area contributed by atoms with Crippen LogP contribution in [0.15, 0.2) is 58.2 Å². The Morgan fingerprint density at radius 2 is 1.57 bits per heavy atom. The lowest BCUT2D eigenvalue weighted by atomic mass is 10.0. The Morgan fingerprint density at radius 3 is 2.18 bits per heavy atom. The number of aromatic amines is 1. The highest BCUT2D eigenvalue weighted by atomic mass is 32.2. The van der Waals surface area contributed by atoms with Gasteiger partial charge in [0.25, 0.3) is 5.56 Å². The first kappa shape index (κ1) is 18.5.